The van der Waals surface area contributed by atoms with E-state index in [1.54, 1.807) is 12.4 Å². The summed E-state index contributed by atoms with van der Waals surface area (Å²) in [5.74, 6) is 0.261. The minimum atomic E-state index is 0.0570. The molecule has 0 unspecified atom stereocenters. The van der Waals surface area contributed by atoms with Crippen LogP contribution in [0.1, 0.15) is 10.4 Å². The van der Waals surface area contributed by atoms with E-state index in [1.165, 1.54) is 0 Å². The first-order valence-electron chi connectivity index (χ1n) is 6.79. The van der Waals surface area contributed by atoms with E-state index in [4.69, 9.17) is 4.74 Å². The number of nitrogens with zero attached hydrogens (tertiary/aromatic N) is 3. The molecular formula is C14H17N3O3. The van der Waals surface area contributed by atoms with Crippen molar-refractivity contribution < 1.29 is 14.3 Å². The van der Waals surface area contributed by atoms with Gasteiger partial charge in [-0.3, -0.25) is 14.6 Å². The van der Waals surface area contributed by atoms with E-state index in [1.807, 2.05) is 11.0 Å². The fourth-order valence-electron chi connectivity index (χ4n) is 2.50. The van der Waals surface area contributed by atoms with Crippen molar-refractivity contribution in [3.8, 4) is 0 Å². The summed E-state index contributed by atoms with van der Waals surface area (Å²) in [5.41, 5.74) is 1.52. The summed E-state index contributed by atoms with van der Waals surface area (Å²) in [4.78, 5) is 31.0. The van der Waals surface area contributed by atoms with E-state index in [9.17, 15) is 9.59 Å². The van der Waals surface area contributed by atoms with Crippen molar-refractivity contribution in [2.45, 2.75) is 0 Å². The Morgan fingerprint density at radius 3 is 2.60 bits per heavy atom. The monoisotopic (exact) mass is 275 g/mol. The Bertz CT molecular complexity index is 508. The van der Waals surface area contributed by atoms with Crippen molar-refractivity contribution in [2.24, 2.45) is 5.92 Å². The number of amides is 1. The number of piperazine rings is 1. The molecule has 1 aromatic rings. The van der Waals surface area contributed by atoms with Gasteiger partial charge < -0.3 is 14.5 Å². The number of ether oxygens (including phenoxy) is 1. The first kappa shape index (κ1) is 13.1. The first-order chi connectivity index (χ1) is 9.78. The van der Waals surface area contributed by atoms with Crippen molar-refractivity contribution in [3.05, 3.63) is 24.0 Å². The minimum absolute atomic E-state index is 0.0570. The Morgan fingerprint density at radius 2 is 2.00 bits per heavy atom. The fourth-order valence-corrected chi connectivity index (χ4v) is 2.50. The van der Waals surface area contributed by atoms with Crippen molar-refractivity contribution in [2.75, 3.05) is 44.3 Å². The van der Waals surface area contributed by atoms with Crippen LogP contribution in [0.5, 0.6) is 0 Å². The zero-order chi connectivity index (χ0) is 13.9. The maximum Gasteiger partial charge on any atom is 0.230 e. The molecule has 0 aromatic carbocycles. The van der Waals surface area contributed by atoms with Gasteiger partial charge in [-0.05, 0) is 6.07 Å². The number of aromatic nitrogens is 1. The van der Waals surface area contributed by atoms with Crippen LogP contribution in [-0.4, -0.2) is 61.5 Å². The Kier molecular flexibility index (Phi) is 3.64. The van der Waals surface area contributed by atoms with Gasteiger partial charge in [0, 0.05) is 37.9 Å². The van der Waals surface area contributed by atoms with E-state index in [2.05, 4.69) is 9.88 Å². The van der Waals surface area contributed by atoms with Gasteiger partial charge in [-0.25, -0.2) is 0 Å². The number of carbonyl (C=O) groups is 2. The maximum atomic E-state index is 12.1. The zero-order valence-electron chi connectivity index (χ0n) is 11.2. The highest BCUT2D eigenvalue weighted by Gasteiger charge is 2.32. The number of aldehydes is 1. The number of hydrogen-bond donors (Lipinski definition) is 0. The van der Waals surface area contributed by atoms with Gasteiger partial charge in [-0.15, -0.1) is 0 Å². The van der Waals surface area contributed by atoms with Gasteiger partial charge in [-0.1, -0.05) is 0 Å². The molecule has 2 fully saturated rings. The lowest BCUT2D eigenvalue weighted by Gasteiger charge is -2.38. The molecule has 0 atom stereocenters. The molecule has 0 N–H and O–H groups in total. The van der Waals surface area contributed by atoms with E-state index in [0.717, 1.165) is 25.1 Å². The quantitative estimate of drug-likeness (QED) is 0.737. The summed E-state index contributed by atoms with van der Waals surface area (Å²) in [7, 11) is 0. The molecule has 3 rings (SSSR count). The summed E-state index contributed by atoms with van der Waals surface area (Å²) in [6.45, 7) is 4.07. The maximum absolute atomic E-state index is 12.1. The molecule has 0 bridgehead atoms. The van der Waals surface area contributed by atoms with Gasteiger partial charge in [0.25, 0.3) is 0 Å². The molecule has 2 aliphatic heterocycles. The molecule has 6 heteroatoms. The molecule has 106 valence electrons. The topological polar surface area (TPSA) is 62.7 Å². The molecule has 0 spiro atoms. The van der Waals surface area contributed by atoms with Crippen LogP contribution in [0.25, 0.3) is 0 Å². The molecule has 3 heterocycles. The molecule has 0 aliphatic carbocycles. The summed E-state index contributed by atoms with van der Waals surface area (Å²) in [6.07, 6.45) is 4.10. The van der Waals surface area contributed by atoms with Gasteiger partial charge >= 0.3 is 0 Å². The lowest BCUT2D eigenvalue weighted by molar-refractivity contribution is -0.150. The number of rotatable bonds is 3. The van der Waals surface area contributed by atoms with Crippen molar-refractivity contribution in [1.82, 2.24) is 9.88 Å². The fraction of sp³-hybridized carbons (Fsp3) is 0.500. The largest absolute Gasteiger partial charge is 0.380 e. The standard InChI is InChI=1S/C14H17N3O3/c18-8-11-5-13(7-15-6-11)16-1-3-17(4-2-16)14(19)12-9-20-10-12/h5-8,12H,1-4,9-10H2. The molecular weight excluding hydrogens is 258 g/mol. The van der Waals surface area contributed by atoms with Crippen molar-refractivity contribution in [1.29, 1.82) is 0 Å². The summed E-state index contributed by atoms with van der Waals surface area (Å²) >= 11 is 0. The molecule has 2 saturated heterocycles. The van der Waals surface area contributed by atoms with E-state index in [-0.39, 0.29) is 11.8 Å². The van der Waals surface area contributed by atoms with Crippen LogP contribution in [-0.2, 0) is 9.53 Å². The first-order valence-corrected chi connectivity index (χ1v) is 6.79. The van der Waals surface area contributed by atoms with Crippen molar-refractivity contribution >= 4 is 17.9 Å². The Hall–Kier alpha value is -1.95. The molecule has 0 radical (unpaired) electrons. The van der Waals surface area contributed by atoms with Crippen LogP contribution >= 0.6 is 0 Å². The number of anilines is 1. The van der Waals surface area contributed by atoms with Gasteiger partial charge in [0.15, 0.2) is 6.29 Å². The van der Waals surface area contributed by atoms with Crippen LogP contribution in [0, 0.1) is 5.92 Å². The highest BCUT2D eigenvalue weighted by molar-refractivity contribution is 5.80. The minimum Gasteiger partial charge on any atom is -0.380 e. The third-order valence-electron chi connectivity index (χ3n) is 3.82. The number of carbonyl (C=O) groups excluding carboxylic acids is 2. The van der Waals surface area contributed by atoms with Gasteiger partial charge in [0.2, 0.25) is 5.91 Å². The molecule has 1 aromatic heterocycles. The highest BCUT2D eigenvalue weighted by Crippen LogP contribution is 2.19. The summed E-state index contributed by atoms with van der Waals surface area (Å²) in [6, 6.07) is 1.83. The zero-order valence-corrected chi connectivity index (χ0v) is 11.2. The predicted octanol–water partition coefficient (Wildman–Crippen LogP) is 0.189. The van der Waals surface area contributed by atoms with E-state index < -0.39 is 0 Å². The molecule has 2 aliphatic rings. The smallest absolute Gasteiger partial charge is 0.230 e. The van der Waals surface area contributed by atoms with Gasteiger partial charge in [0.05, 0.1) is 31.0 Å². The van der Waals surface area contributed by atoms with Gasteiger partial charge in [0.1, 0.15) is 0 Å². The van der Waals surface area contributed by atoms with Crippen LogP contribution in [0.4, 0.5) is 5.69 Å². The average molecular weight is 275 g/mol. The summed E-state index contributed by atoms with van der Waals surface area (Å²) in [5, 5.41) is 0. The number of pyridine rings is 1. The summed E-state index contributed by atoms with van der Waals surface area (Å²) < 4.78 is 5.06. The van der Waals surface area contributed by atoms with Crippen molar-refractivity contribution in [3.63, 3.8) is 0 Å². The lowest BCUT2D eigenvalue weighted by Crippen LogP contribution is -2.53. The SMILES string of the molecule is O=Cc1cncc(N2CCN(C(=O)C3COC3)CC2)c1. The normalized spacial score (nSPS) is 19.6. The second-order valence-electron chi connectivity index (χ2n) is 5.14. The Labute approximate surface area is 117 Å². The third kappa shape index (κ3) is 2.51. The van der Waals surface area contributed by atoms with E-state index in [0.29, 0.717) is 31.9 Å². The Balaban J connectivity index is 1.60. The second kappa shape index (κ2) is 5.58. The predicted molar refractivity (Wildman–Crippen MR) is 72.7 cm³/mol. The van der Waals surface area contributed by atoms with Crippen LogP contribution in [0.15, 0.2) is 18.5 Å². The van der Waals surface area contributed by atoms with Crippen LogP contribution in [0.3, 0.4) is 0 Å². The Morgan fingerprint density at radius 1 is 1.25 bits per heavy atom. The average Bonchev–Trinajstić information content (AvgIpc) is 2.45. The highest BCUT2D eigenvalue weighted by atomic mass is 16.5. The van der Waals surface area contributed by atoms with Crippen LogP contribution in [0.2, 0.25) is 0 Å². The molecule has 20 heavy (non-hydrogen) atoms. The molecule has 6 nitrogen and oxygen atoms in total. The third-order valence-corrected chi connectivity index (χ3v) is 3.82. The second-order valence-corrected chi connectivity index (χ2v) is 5.14. The molecule has 0 saturated carbocycles. The van der Waals surface area contributed by atoms with Crippen LogP contribution < -0.4 is 4.90 Å². The van der Waals surface area contributed by atoms with Gasteiger partial charge in [-0.2, -0.15) is 0 Å². The lowest BCUT2D eigenvalue weighted by atomic mass is 10.1. The van der Waals surface area contributed by atoms with E-state index >= 15 is 0 Å². The number of hydrogen-bond acceptors (Lipinski definition) is 5. The molecule has 1 amide bonds.